The molecule has 0 unspecified atom stereocenters. The van der Waals surface area contributed by atoms with Gasteiger partial charge in [0.2, 0.25) is 0 Å². The number of aryl methyl sites for hydroxylation is 1. The Kier molecular flexibility index (Phi) is 6.03. The first-order chi connectivity index (χ1) is 13.4. The smallest absolute Gasteiger partial charge is 0.387 e. The topological polar surface area (TPSA) is 57.0 Å². The van der Waals surface area contributed by atoms with Crippen LogP contribution >= 0.6 is 11.8 Å². The molecule has 0 N–H and O–H groups in total. The molecule has 0 aliphatic rings. The van der Waals surface area contributed by atoms with Crippen LogP contribution < -0.4 is 4.74 Å². The number of ether oxygens (including phenoxy) is 1. The third-order valence-electron chi connectivity index (χ3n) is 3.93. The third-order valence-corrected chi connectivity index (χ3v) is 4.95. The highest BCUT2D eigenvalue weighted by Gasteiger charge is 2.19. The summed E-state index contributed by atoms with van der Waals surface area (Å²) in [6.07, 6.45) is 0. The molecule has 0 aliphatic carbocycles. The van der Waals surface area contributed by atoms with E-state index in [0.29, 0.717) is 16.5 Å². The van der Waals surface area contributed by atoms with E-state index in [4.69, 9.17) is 0 Å². The lowest BCUT2D eigenvalue weighted by atomic mass is 10.1. The minimum absolute atomic E-state index is 0.0632. The van der Waals surface area contributed by atoms with Gasteiger partial charge in [-0.25, -0.2) is 4.39 Å². The summed E-state index contributed by atoms with van der Waals surface area (Å²) in [5, 5.41) is 8.38. The van der Waals surface area contributed by atoms with Gasteiger partial charge in [0.1, 0.15) is 11.6 Å². The number of rotatable bonds is 7. The molecule has 0 bridgehead atoms. The minimum atomic E-state index is -3.02. The molecule has 1 aromatic heterocycles. The summed E-state index contributed by atoms with van der Waals surface area (Å²) in [5.41, 5.74) is 1.11. The number of benzene rings is 2. The van der Waals surface area contributed by atoms with Crippen LogP contribution in [0.4, 0.5) is 13.2 Å². The van der Waals surface area contributed by atoms with Crippen LogP contribution in [0.25, 0.3) is 11.4 Å². The number of ketones is 1. The maximum absolute atomic E-state index is 14.0. The molecule has 28 heavy (non-hydrogen) atoms. The Balaban J connectivity index is 1.78. The van der Waals surface area contributed by atoms with Crippen LogP contribution in [0.1, 0.15) is 15.9 Å². The van der Waals surface area contributed by atoms with Crippen molar-refractivity contribution < 1.29 is 22.7 Å². The van der Waals surface area contributed by atoms with Crippen molar-refractivity contribution in [1.29, 1.82) is 0 Å². The number of carbonyl (C=O) groups excluding carboxylic acids is 1. The van der Waals surface area contributed by atoms with Gasteiger partial charge in [-0.1, -0.05) is 35.5 Å². The fourth-order valence-corrected chi connectivity index (χ4v) is 3.38. The van der Waals surface area contributed by atoms with E-state index < -0.39 is 12.4 Å². The van der Waals surface area contributed by atoms with Crippen molar-refractivity contribution in [1.82, 2.24) is 14.8 Å². The second kappa shape index (κ2) is 8.47. The maximum atomic E-state index is 14.0. The van der Waals surface area contributed by atoms with E-state index in [1.165, 1.54) is 18.2 Å². The van der Waals surface area contributed by atoms with Crippen molar-refractivity contribution in [3.05, 3.63) is 59.4 Å². The van der Waals surface area contributed by atoms with Gasteiger partial charge in [-0.2, -0.15) is 8.78 Å². The molecule has 3 aromatic rings. The monoisotopic (exact) mass is 407 g/mol. The van der Waals surface area contributed by atoms with Crippen LogP contribution in [-0.2, 0) is 7.05 Å². The Bertz CT molecular complexity index is 1010. The zero-order chi connectivity index (χ0) is 20.3. The Morgan fingerprint density at radius 3 is 2.68 bits per heavy atom. The van der Waals surface area contributed by atoms with Crippen LogP contribution in [0, 0.1) is 12.7 Å². The quantitative estimate of drug-likeness (QED) is 0.426. The predicted molar refractivity (Wildman–Crippen MR) is 99.3 cm³/mol. The number of halogens is 3. The van der Waals surface area contributed by atoms with Crippen LogP contribution in [0.5, 0.6) is 5.75 Å². The van der Waals surface area contributed by atoms with Gasteiger partial charge in [-0.3, -0.25) is 4.79 Å². The van der Waals surface area contributed by atoms with E-state index >= 15 is 0 Å². The molecule has 0 spiro atoms. The Morgan fingerprint density at radius 2 is 1.96 bits per heavy atom. The fraction of sp³-hybridized carbons (Fsp3) is 0.211. The van der Waals surface area contributed by atoms with E-state index in [2.05, 4.69) is 14.9 Å². The highest BCUT2D eigenvalue weighted by molar-refractivity contribution is 7.99. The van der Waals surface area contributed by atoms with Crippen LogP contribution in [-0.4, -0.2) is 32.9 Å². The van der Waals surface area contributed by atoms with Crippen molar-refractivity contribution in [3.63, 3.8) is 0 Å². The molecule has 1 heterocycles. The van der Waals surface area contributed by atoms with Gasteiger partial charge in [0.25, 0.3) is 0 Å². The zero-order valence-electron chi connectivity index (χ0n) is 15.0. The Morgan fingerprint density at radius 1 is 1.21 bits per heavy atom. The van der Waals surface area contributed by atoms with E-state index in [0.717, 1.165) is 17.3 Å². The van der Waals surface area contributed by atoms with Crippen molar-refractivity contribution in [2.75, 3.05) is 5.75 Å². The van der Waals surface area contributed by atoms with Gasteiger partial charge < -0.3 is 9.30 Å². The molecular weight excluding hydrogens is 391 g/mol. The molecule has 9 heteroatoms. The first-order valence-electron chi connectivity index (χ1n) is 8.22. The lowest BCUT2D eigenvalue weighted by Gasteiger charge is -2.10. The van der Waals surface area contributed by atoms with E-state index in [-0.39, 0.29) is 22.8 Å². The van der Waals surface area contributed by atoms with Gasteiger partial charge in [0.05, 0.1) is 16.9 Å². The Hall–Kier alpha value is -2.81. The van der Waals surface area contributed by atoms with Crippen LogP contribution in [0.3, 0.4) is 0 Å². The van der Waals surface area contributed by atoms with Crippen molar-refractivity contribution in [2.45, 2.75) is 18.7 Å². The first-order valence-corrected chi connectivity index (χ1v) is 9.21. The van der Waals surface area contributed by atoms with Gasteiger partial charge in [-0.15, -0.1) is 10.2 Å². The van der Waals surface area contributed by atoms with E-state index in [1.807, 2.05) is 0 Å². The fourth-order valence-electron chi connectivity index (χ4n) is 2.59. The second-order valence-electron chi connectivity index (χ2n) is 5.94. The highest BCUT2D eigenvalue weighted by Crippen LogP contribution is 2.27. The van der Waals surface area contributed by atoms with Gasteiger partial charge in [0, 0.05) is 7.05 Å². The average molecular weight is 407 g/mol. The second-order valence-corrected chi connectivity index (χ2v) is 6.88. The van der Waals surface area contributed by atoms with Gasteiger partial charge >= 0.3 is 6.61 Å². The SMILES string of the molecule is Cc1ccc(OC(F)F)c(C(=O)CSc2nnc(-c3ccccc3F)n2C)c1. The molecule has 3 rings (SSSR count). The number of carbonyl (C=O) groups is 1. The number of hydrogen-bond donors (Lipinski definition) is 0. The highest BCUT2D eigenvalue weighted by atomic mass is 32.2. The predicted octanol–water partition coefficient (Wildman–Crippen LogP) is 4.51. The number of thioether (sulfide) groups is 1. The molecule has 0 fully saturated rings. The molecule has 0 aliphatic heterocycles. The lowest BCUT2D eigenvalue weighted by Crippen LogP contribution is -2.10. The van der Waals surface area contributed by atoms with Crippen molar-refractivity contribution in [2.24, 2.45) is 7.05 Å². The summed E-state index contributed by atoms with van der Waals surface area (Å²) >= 11 is 1.08. The molecule has 2 aromatic carbocycles. The zero-order valence-corrected chi connectivity index (χ0v) is 15.8. The summed E-state index contributed by atoms with van der Waals surface area (Å²) in [7, 11) is 1.66. The summed E-state index contributed by atoms with van der Waals surface area (Å²) < 4.78 is 45.1. The Labute approximate surface area is 163 Å². The first kappa shape index (κ1) is 19.9. The molecule has 0 saturated heterocycles. The summed E-state index contributed by atoms with van der Waals surface area (Å²) in [5.74, 6) is -0.729. The lowest BCUT2D eigenvalue weighted by molar-refractivity contribution is -0.0501. The van der Waals surface area contributed by atoms with Crippen molar-refractivity contribution in [3.8, 4) is 17.1 Å². The third kappa shape index (κ3) is 4.36. The number of hydrogen-bond acceptors (Lipinski definition) is 5. The van der Waals surface area contributed by atoms with Crippen LogP contribution in [0.2, 0.25) is 0 Å². The molecule has 0 saturated carbocycles. The summed E-state index contributed by atoms with van der Waals surface area (Å²) in [6, 6.07) is 10.6. The standard InChI is InChI=1S/C19H16F3N3O2S/c1-11-7-8-16(27-18(21)22)13(9-11)15(26)10-28-19-24-23-17(25(19)2)12-5-3-4-6-14(12)20/h3-9,18H,10H2,1-2H3. The minimum Gasteiger partial charge on any atom is -0.434 e. The largest absolute Gasteiger partial charge is 0.434 e. The molecule has 0 atom stereocenters. The molecule has 0 radical (unpaired) electrons. The molecule has 0 amide bonds. The maximum Gasteiger partial charge on any atom is 0.387 e. The number of aromatic nitrogens is 3. The molecule has 5 nitrogen and oxygen atoms in total. The number of nitrogens with zero attached hydrogens (tertiary/aromatic N) is 3. The average Bonchev–Trinajstić information content (AvgIpc) is 3.01. The summed E-state index contributed by atoms with van der Waals surface area (Å²) in [4.78, 5) is 12.6. The number of alkyl halides is 2. The van der Waals surface area contributed by atoms with Crippen LogP contribution in [0.15, 0.2) is 47.6 Å². The van der Waals surface area contributed by atoms with Crippen molar-refractivity contribution >= 4 is 17.5 Å². The molecule has 146 valence electrons. The normalized spacial score (nSPS) is 11.1. The van der Waals surface area contributed by atoms with Gasteiger partial charge in [-0.05, 0) is 31.2 Å². The summed E-state index contributed by atoms with van der Waals surface area (Å²) in [6.45, 7) is -1.27. The number of Topliss-reactive ketones (excluding diaryl/α,β-unsaturated/α-hetero) is 1. The van der Waals surface area contributed by atoms with Gasteiger partial charge in [0.15, 0.2) is 16.8 Å². The molecular formula is C19H16F3N3O2S. The van der Waals surface area contributed by atoms with E-state index in [1.54, 1.807) is 42.8 Å². The van der Waals surface area contributed by atoms with E-state index in [9.17, 15) is 18.0 Å².